The molecular formula is C24H22F4N4O2. The van der Waals surface area contributed by atoms with Crippen molar-refractivity contribution in [1.29, 1.82) is 0 Å². The van der Waals surface area contributed by atoms with Crippen molar-refractivity contribution >= 4 is 17.3 Å². The fraction of sp³-hybridized carbons (Fsp3) is 0.250. The van der Waals surface area contributed by atoms with E-state index >= 15 is 4.39 Å². The summed E-state index contributed by atoms with van der Waals surface area (Å²) in [7, 11) is 0. The van der Waals surface area contributed by atoms with Gasteiger partial charge in [0, 0.05) is 37.5 Å². The smallest absolute Gasteiger partial charge is 0.258 e. The molecule has 0 unspecified atom stereocenters. The van der Waals surface area contributed by atoms with Gasteiger partial charge < -0.3 is 21.1 Å². The van der Waals surface area contributed by atoms with E-state index in [1.54, 1.807) is 12.3 Å². The van der Waals surface area contributed by atoms with E-state index < -0.39 is 51.6 Å². The van der Waals surface area contributed by atoms with Gasteiger partial charge in [0.25, 0.3) is 5.91 Å². The number of rotatable bonds is 4. The van der Waals surface area contributed by atoms with Gasteiger partial charge >= 0.3 is 0 Å². The second kappa shape index (κ2) is 9.30. The molecule has 1 fully saturated rings. The number of aromatic hydroxyl groups is 1. The normalized spacial score (nSPS) is 18.1. The molecule has 6 nitrogen and oxygen atoms in total. The number of nitrogens with one attached hydrogen (secondary N) is 1. The van der Waals surface area contributed by atoms with E-state index in [4.69, 9.17) is 5.73 Å². The lowest BCUT2D eigenvalue weighted by Crippen LogP contribution is -2.46. The van der Waals surface area contributed by atoms with Crippen molar-refractivity contribution in [3.8, 4) is 16.9 Å². The second-order valence-electron chi connectivity index (χ2n) is 8.42. The molecular weight excluding hydrogens is 452 g/mol. The molecule has 0 radical (unpaired) electrons. The molecule has 0 bridgehead atoms. The number of amides is 1. The van der Waals surface area contributed by atoms with E-state index in [2.05, 4.69) is 17.2 Å². The van der Waals surface area contributed by atoms with Gasteiger partial charge in [-0.1, -0.05) is 6.92 Å². The number of hydrogen-bond acceptors (Lipinski definition) is 5. The third-order valence-corrected chi connectivity index (χ3v) is 5.69. The monoisotopic (exact) mass is 474 g/mol. The number of nitrogens with zero attached hydrogens (tertiary/aromatic N) is 2. The van der Waals surface area contributed by atoms with Gasteiger partial charge in [0.1, 0.15) is 29.0 Å². The summed E-state index contributed by atoms with van der Waals surface area (Å²) < 4.78 is 58.3. The number of carbonyl (C=O) groups excluding carboxylic acids is 1. The van der Waals surface area contributed by atoms with Gasteiger partial charge in [-0.15, -0.1) is 0 Å². The molecule has 1 amide bonds. The molecule has 2 aromatic carbocycles. The molecule has 10 heteroatoms. The Hall–Kier alpha value is -3.66. The number of carbonyl (C=O) groups is 1. The minimum absolute atomic E-state index is 0.0623. The first-order chi connectivity index (χ1) is 16.2. The Morgan fingerprint density at radius 3 is 2.47 bits per heavy atom. The maximum atomic E-state index is 15.3. The van der Waals surface area contributed by atoms with Gasteiger partial charge in [0.15, 0.2) is 0 Å². The number of nitrogens with two attached hydrogens (primary N) is 1. The van der Waals surface area contributed by atoms with Gasteiger partial charge in [-0.3, -0.25) is 9.78 Å². The number of pyridine rings is 1. The molecule has 1 aliphatic heterocycles. The molecule has 0 saturated carbocycles. The minimum atomic E-state index is -1.44. The lowest BCUT2D eigenvalue weighted by Gasteiger charge is -2.37. The molecule has 1 aromatic heterocycles. The number of piperidine rings is 1. The van der Waals surface area contributed by atoms with Crippen molar-refractivity contribution in [1.82, 2.24) is 4.98 Å². The molecule has 3 aromatic rings. The lowest BCUT2D eigenvalue weighted by molar-refractivity contribution is 0.102. The molecule has 4 N–H and O–H groups in total. The summed E-state index contributed by atoms with van der Waals surface area (Å²) in [6, 6.07) is 4.30. The Kier molecular flexibility index (Phi) is 6.43. The van der Waals surface area contributed by atoms with Crippen LogP contribution in [-0.2, 0) is 0 Å². The standard InChI is InChI=1S/C24H22F4N4O2/c1-12-6-13(29)11-32(10-12)20-4-5-30-9-19(20)31-24(34)15-2-3-16(25)22(23(15)28)21-17(26)7-14(33)8-18(21)27/h2-5,7-9,12-13,33H,6,10-11,29H2,1H3,(H,31,34)/t12-,13+/m1/s1. The number of aromatic nitrogens is 1. The molecule has 1 saturated heterocycles. The summed E-state index contributed by atoms with van der Waals surface area (Å²) >= 11 is 0. The number of hydrogen-bond donors (Lipinski definition) is 3. The highest BCUT2D eigenvalue weighted by atomic mass is 19.1. The van der Waals surface area contributed by atoms with E-state index in [0.717, 1.165) is 18.6 Å². The van der Waals surface area contributed by atoms with E-state index in [-0.39, 0.29) is 11.7 Å². The SMILES string of the molecule is C[C@@H]1C[C@H](N)CN(c2ccncc2NC(=O)c2ccc(F)c(-c3c(F)cc(O)cc3F)c2F)C1. The van der Waals surface area contributed by atoms with E-state index in [9.17, 15) is 23.1 Å². The average molecular weight is 474 g/mol. The van der Waals surface area contributed by atoms with E-state index in [0.29, 0.717) is 36.8 Å². The first-order valence-electron chi connectivity index (χ1n) is 10.6. The quantitative estimate of drug-likeness (QED) is 0.487. The van der Waals surface area contributed by atoms with Gasteiger partial charge in [0.05, 0.1) is 34.3 Å². The largest absolute Gasteiger partial charge is 0.508 e. The first-order valence-corrected chi connectivity index (χ1v) is 10.6. The van der Waals surface area contributed by atoms with Crippen molar-refractivity contribution in [3.05, 3.63) is 71.6 Å². The molecule has 178 valence electrons. The van der Waals surface area contributed by atoms with Crippen LogP contribution in [0.4, 0.5) is 28.9 Å². The molecule has 4 rings (SSSR count). The molecule has 0 aliphatic carbocycles. The minimum Gasteiger partial charge on any atom is -0.508 e. The average Bonchev–Trinajstić information content (AvgIpc) is 2.75. The van der Waals surface area contributed by atoms with Crippen molar-refractivity contribution in [3.63, 3.8) is 0 Å². The predicted molar refractivity (Wildman–Crippen MR) is 120 cm³/mol. The van der Waals surface area contributed by atoms with Gasteiger partial charge in [-0.2, -0.15) is 0 Å². The third-order valence-electron chi connectivity index (χ3n) is 5.69. The maximum absolute atomic E-state index is 15.3. The van der Waals surface area contributed by atoms with Crippen molar-refractivity contribution in [2.45, 2.75) is 19.4 Å². The van der Waals surface area contributed by atoms with Crippen LogP contribution in [0.25, 0.3) is 11.1 Å². The van der Waals surface area contributed by atoms with Crippen LogP contribution < -0.4 is 16.0 Å². The van der Waals surface area contributed by atoms with Crippen LogP contribution >= 0.6 is 0 Å². The number of benzene rings is 2. The van der Waals surface area contributed by atoms with Crippen LogP contribution in [0.1, 0.15) is 23.7 Å². The number of phenols is 1. The van der Waals surface area contributed by atoms with Crippen molar-refractivity contribution < 1.29 is 27.5 Å². The van der Waals surface area contributed by atoms with Crippen LogP contribution in [0, 0.1) is 29.2 Å². The number of phenolic OH excluding ortho intramolecular Hbond substituents is 1. The van der Waals surface area contributed by atoms with Crippen molar-refractivity contribution in [2.75, 3.05) is 23.3 Å². The summed E-state index contributed by atoms with van der Waals surface area (Å²) in [5.41, 5.74) is 4.33. The van der Waals surface area contributed by atoms with Crippen LogP contribution in [0.2, 0.25) is 0 Å². The van der Waals surface area contributed by atoms with Crippen LogP contribution in [0.3, 0.4) is 0 Å². The highest BCUT2D eigenvalue weighted by Crippen LogP contribution is 2.35. The molecule has 34 heavy (non-hydrogen) atoms. The third kappa shape index (κ3) is 4.54. The number of anilines is 2. The van der Waals surface area contributed by atoms with Crippen LogP contribution in [0.5, 0.6) is 5.75 Å². The van der Waals surface area contributed by atoms with Crippen molar-refractivity contribution in [2.24, 2.45) is 11.7 Å². The predicted octanol–water partition coefficient (Wildman–Crippen LogP) is 4.44. The summed E-state index contributed by atoms with van der Waals surface area (Å²) in [5, 5.41) is 11.9. The fourth-order valence-electron chi connectivity index (χ4n) is 4.30. The first kappa shape index (κ1) is 23.5. The van der Waals surface area contributed by atoms with E-state index in [1.807, 2.05) is 4.90 Å². The van der Waals surface area contributed by atoms with Gasteiger partial charge in [-0.25, -0.2) is 17.6 Å². The fourth-order valence-corrected chi connectivity index (χ4v) is 4.30. The summed E-state index contributed by atoms with van der Waals surface area (Å²) in [6.07, 6.45) is 3.79. The highest BCUT2D eigenvalue weighted by molar-refractivity contribution is 6.06. The topological polar surface area (TPSA) is 91.5 Å². The Labute approximate surface area is 193 Å². The number of halogens is 4. The van der Waals surface area contributed by atoms with Crippen LogP contribution in [-0.4, -0.2) is 35.1 Å². The molecule has 2 heterocycles. The zero-order valence-corrected chi connectivity index (χ0v) is 18.2. The van der Waals surface area contributed by atoms with Gasteiger partial charge in [-0.05, 0) is 30.5 Å². The van der Waals surface area contributed by atoms with Gasteiger partial charge in [0.2, 0.25) is 0 Å². The summed E-state index contributed by atoms with van der Waals surface area (Å²) in [6.45, 7) is 3.29. The Balaban J connectivity index is 1.70. The Morgan fingerprint density at radius 2 is 1.79 bits per heavy atom. The maximum Gasteiger partial charge on any atom is 0.258 e. The summed E-state index contributed by atoms with van der Waals surface area (Å²) in [5.74, 6) is -6.86. The zero-order chi connectivity index (χ0) is 24.6. The van der Waals surface area contributed by atoms with Crippen LogP contribution in [0.15, 0.2) is 42.7 Å². The Bertz CT molecular complexity index is 1220. The molecule has 0 spiro atoms. The Morgan fingerprint density at radius 1 is 1.09 bits per heavy atom. The zero-order valence-electron chi connectivity index (χ0n) is 18.2. The molecule has 1 aliphatic rings. The summed E-state index contributed by atoms with van der Waals surface area (Å²) in [4.78, 5) is 18.9. The molecule has 2 atom stereocenters. The highest BCUT2D eigenvalue weighted by Gasteiger charge is 2.27. The van der Waals surface area contributed by atoms with E-state index in [1.165, 1.54) is 6.20 Å². The lowest BCUT2D eigenvalue weighted by atomic mass is 9.96. The second-order valence-corrected chi connectivity index (χ2v) is 8.42.